The number of nitrogens with zero attached hydrogens (tertiary/aromatic N) is 3. The van der Waals surface area contributed by atoms with Crippen molar-refractivity contribution in [3.05, 3.63) is 96.3 Å². The number of rotatable bonds is 8. The normalized spacial score (nSPS) is 10.7. The molecule has 1 heterocycles. The van der Waals surface area contributed by atoms with Crippen molar-refractivity contribution in [2.24, 2.45) is 0 Å². The summed E-state index contributed by atoms with van der Waals surface area (Å²) < 4.78 is 35.0. The molecule has 0 saturated heterocycles. The highest BCUT2D eigenvalue weighted by Crippen LogP contribution is 2.24. The van der Waals surface area contributed by atoms with Gasteiger partial charge in [-0.3, -0.25) is 9.36 Å². The quantitative estimate of drug-likeness (QED) is 0.387. The zero-order valence-corrected chi connectivity index (χ0v) is 17.6. The summed E-state index contributed by atoms with van der Waals surface area (Å²) >= 11 is 1.15. The highest BCUT2D eigenvalue weighted by molar-refractivity contribution is 7.99. The van der Waals surface area contributed by atoms with Crippen molar-refractivity contribution in [1.29, 1.82) is 0 Å². The summed E-state index contributed by atoms with van der Waals surface area (Å²) in [6, 6.07) is 21.4. The molecular weight excluding hydrogens is 434 g/mol. The van der Waals surface area contributed by atoms with Crippen LogP contribution in [0, 0.1) is 11.6 Å². The molecule has 1 N–H and O–H groups in total. The molecule has 0 fully saturated rings. The lowest BCUT2D eigenvalue weighted by molar-refractivity contribution is -0.113. The van der Waals surface area contributed by atoms with Gasteiger partial charge < -0.3 is 10.1 Å². The fraction of sp³-hybridized carbons (Fsp3) is 0.0870. The van der Waals surface area contributed by atoms with Crippen molar-refractivity contribution in [1.82, 2.24) is 14.8 Å². The average Bonchev–Trinajstić information content (AvgIpc) is 3.22. The van der Waals surface area contributed by atoms with Crippen molar-refractivity contribution in [3.8, 4) is 11.4 Å². The molecule has 4 rings (SSSR count). The van der Waals surface area contributed by atoms with Crippen LogP contribution in [0.25, 0.3) is 5.69 Å². The minimum absolute atomic E-state index is 0.00648. The van der Waals surface area contributed by atoms with E-state index in [-0.39, 0.29) is 29.7 Å². The first-order valence-corrected chi connectivity index (χ1v) is 10.6. The second kappa shape index (κ2) is 10.1. The SMILES string of the molecule is O=C(CSc1nnc(COc2ccccc2F)n1-c1ccccc1)Nc1ccccc1F. The number of thioether (sulfide) groups is 1. The number of ether oxygens (including phenoxy) is 1. The Hall–Kier alpha value is -3.72. The molecule has 0 aliphatic rings. The molecule has 0 unspecified atom stereocenters. The lowest BCUT2D eigenvalue weighted by atomic mass is 10.3. The monoisotopic (exact) mass is 452 g/mol. The smallest absolute Gasteiger partial charge is 0.234 e. The lowest BCUT2D eigenvalue weighted by Gasteiger charge is -2.11. The van der Waals surface area contributed by atoms with Crippen LogP contribution in [0.5, 0.6) is 5.75 Å². The highest BCUT2D eigenvalue weighted by atomic mass is 32.2. The molecule has 0 aliphatic heterocycles. The number of amides is 1. The molecule has 0 aliphatic carbocycles. The van der Waals surface area contributed by atoms with Crippen LogP contribution in [0.1, 0.15) is 5.82 Å². The van der Waals surface area contributed by atoms with E-state index in [0.717, 1.165) is 17.4 Å². The number of hydrogen-bond acceptors (Lipinski definition) is 5. The summed E-state index contributed by atoms with van der Waals surface area (Å²) in [6.45, 7) is -0.0230. The molecule has 32 heavy (non-hydrogen) atoms. The fourth-order valence-corrected chi connectivity index (χ4v) is 3.68. The van der Waals surface area contributed by atoms with E-state index in [9.17, 15) is 13.6 Å². The van der Waals surface area contributed by atoms with Crippen LogP contribution in [0.2, 0.25) is 0 Å². The summed E-state index contributed by atoms with van der Waals surface area (Å²) in [5, 5.41) is 11.3. The summed E-state index contributed by atoms with van der Waals surface area (Å²) in [5.74, 6) is -0.825. The Labute approximate surface area is 187 Å². The van der Waals surface area contributed by atoms with Crippen LogP contribution in [-0.2, 0) is 11.4 Å². The summed E-state index contributed by atoms with van der Waals surface area (Å²) in [7, 11) is 0. The maximum Gasteiger partial charge on any atom is 0.234 e. The number of benzene rings is 3. The molecule has 0 bridgehead atoms. The van der Waals surface area contributed by atoms with Gasteiger partial charge in [0.25, 0.3) is 0 Å². The average molecular weight is 452 g/mol. The molecule has 0 spiro atoms. The van der Waals surface area contributed by atoms with Crippen molar-refractivity contribution in [2.75, 3.05) is 11.1 Å². The van der Waals surface area contributed by atoms with Crippen LogP contribution in [-0.4, -0.2) is 26.4 Å². The van der Waals surface area contributed by atoms with Crippen LogP contribution in [0.15, 0.2) is 84.0 Å². The molecule has 6 nitrogen and oxygen atoms in total. The maximum atomic E-state index is 13.9. The maximum absolute atomic E-state index is 13.9. The topological polar surface area (TPSA) is 69.0 Å². The number of hydrogen-bond donors (Lipinski definition) is 1. The summed E-state index contributed by atoms with van der Waals surface area (Å²) in [5.41, 5.74) is 0.878. The first kappa shape index (κ1) is 21.5. The van der Waals surface area contributed by atoms with E-state index in [4.69, 9.17) is 4.74 Å². The van der Waals surface area contributed by atoms with Gasteiger partial charge in [-0.2, -0.15) is 0 Å². The van der Waals surface area contributed by atoms with Gasteiger partial charge in [-0.25, -0.2) is 8.78 Å². The Morgan fingerprint density at radius 2 is 1.59 bits per heavy atom. The molecule has 4 aromatic rings. The Balaban J connectivity index is 1.51. The van der Waals surface area contributed by atoms with Gasteiger partial charge in [0, 0.05) is 5.69 Å². The van der Waals surface area contributed by atoms with E-state index in [1.807, 2.05) is 30.3 Å². The molecule has 1 amide bonds. The van der Waals surface area contributed by atoms with Crippen LogP contribution < -0.4 is 10.1 Å². The second-order valence-electron chi connectivity index (χ2n) is 6.61. The van der Waals surface area contributed by atoms with E-state index >= 15 is 0 Å². The zero-order chi connectivity index (χ0) is 22.3. The molecular formula is C23H18F2N4O2S. The third-order valence-electron chi connectivity index (χ3n) is 4.39. The predicted octanol–water partition coefficient (Wildman–Crippen LogP) is 4.86. The standard InChI is InChI=1S/C23H18F2N4O2S/c24-17-10-4-6-12-19(17)26-22(30)15-32-23-28-27-21(29(23)16-8-2-1-3-9-16)14-31-20-13-7-5-11-18(20)25/h1-13H,14-15H2,(H,26,30). The van der Waals surface area contributed by atoms with Crippen molar-refractivity contribution in [3.63, 3.8) is 0 Å². The highest BCUT2D eigenvalue weighted by Gasteiger charge is 2.17. The third-order valence-corrected chi connectivity index (χ3v) is 5.32. The molecule has 3 aromatic carbocycles. The number of nitrogens with one attached hydrogen (secondary N) is 1. The number of anilines is 1. The van der Waals surface area contributed by atoms with E-state index in [1.54, 1.807) is 28.8 Å². The van der Waals surface area contributed by atoms with E-state index in [0.29, 0.717) is 11.0 Å². The van der Waals surface area contributed by atoms with Crippen molar-refractivity contribution >= 4 is 23.4 Å². The number of para-hydroxylation sites is 3. The second-order valence-corrected chi connectivity index (χ2v) is 7.55. The van der Waals surface area contributed by atoms with Crippen LogP contribution >= 0.6 is 11.8 Å². The van der Waals surface area contributed by atoms with Gasteiger partial charge in [0.05, 0.1) is 11.4 Å². The Morgan fingerprint density at radius 3 is 2.34 bits per heavy atom. The molecule has 0 radical (unpaired) electrons. The van der Waals surface area contributed by atoms with Gasteiger partial charge in [0.2, 0.25) is 5.91 Å². The van der Waals surface area contributed by atoms with Gasteiger partial charge >= 0.3 is 0 Å². The van der Waals surface area contributed by atoms with Crippen LogP contribution in [0.4, 0.5) is 14.5 Å². The Morgan fingerprint density at radius 1 is 0.906 bits per heavy atom. The predicted molar refractivity (Wildman–Crippen MR) is 118 cm³/mol. The Kier molecular flexibility index (Phi) is 6.76. The number of carbonyl (C=O) groups is 1. The summed E-state index contributed by atoms with van der Waals surface area (Å²) in [6.07, 6.45) is 0. The minimum Gasteiger partial charge on any atom is -0.483 e. The van der Waals surface area contributed by atoms with Gasteiger partial charge in [0.1, 0.15) is 12.4 Å². The zero-order valence-electron chi connectivity index (χ0n) is 16.7. The minimum atomic E-state index is -0.508. The van der Waals surface area contributed by atoms with Gasteiger partial charge in [-0.05, 0) is 36.4 Å². The van der Waals surface area contributed by atoms with Crippen molar-refractivity contribution < 1.29 is 18.3 Å². The van der Waals surface area contributed by atoms with Gasteiger partial charge in [-0.1, -0.05) is 54.2 Å². The molecule has 0 atom stereocenters. The third kappa shape index (κ3) is 5.12. The van der Waals surface area contributed by atoms with Crippen molar-refractivity contribution in [2.45, 2.75) is 11.8 Å². The fourth-order valence-electron chi connectivity index (χ4n) is 2.91. The molecule has 9 heteroatoms. The first-order valence-electron chi connectivity index (χ1n) is 9.66. The number of aromatic nitrogens is 3. The van der Waals surface area contributed by atoms with E-state index in [2.05, 4.69) is 15.5 Å². The molecule has 0 saturated carbocycles. The summed E-state index contributed by atoms with van der Waals surface area (Å²) in [4.78, 5) is 12.3. The Bertz CT molecular complexity index is 1220. The number of halogens is 2. The van der Waals surface area contributed by atoms with Gasteiger partial charge in [0.15, 0.2) is 22.5 Å². The molecule has 1 aromatic heterocycles. The lowest BCUT2D eigenvalue weighted by Crippen LogP contribution is -2.15. The largest absolute Gasteiger partial charge is 0.483 e. The van der Waals surface area contributed by atoms with E-state index < -0.39 is 11.6 Å². The number of carbonyl (C=O) groups excluding carboxylic acids is 1. The van der Waals surface area contributed by atoms with E-state index in [1.165, 1.54) is 24.3 Å². The van der Waals surface area contributed by atoms with Crippen LogP contribution in [0.3, 0.4) is 0 Å². The first-order chi connectivity index (χ1) is 15.6. The molecule has 162 valence electrons. The van der Waals surface area contributed by atoms with Gasteiger partial charge in [-0.15, -0.1) is 10.2 Å².